The van der Waals surface area contributed by atoms with E-state index in [0.717, 1.165) is 31.7 Å². The number of carbonyl (C=O) groups excluding carboxylic acids is 1. The SMILES string of the molecule is C=C1c2cccc(C(F)(F)F)c2O[C@H](C(=O)OCC)[C@@H]1CC(CC)CCCC. The summed E-state index contributed by atoms with van der Waals surface area (Å²) >= 11 is 0. The van der Waals surface area contributed by atoms with Crippen LogP contribution in [0.3, 0.4) is 0 Å². The van der Waals surface area contributed by atoms with Crippen LogP contribution in [0.4, 0.5) is 13.2 Å². The Hall–Kier alpha value is -1.98. The first-order chi connectivity index (χ1) is 13.2. The van der Waals surface area contributed by atoms with Gasteiger partial charge in [0, 0.05) is 11.5 Å². The molecule has 1 aromatic rings. The highest BCUT2D eigenvalue weighted by Gasteiger charge is 2.44. The number of para-hydroxylation sites is 1. The van der Waals surface area contributed by atoms with E-state index in [1.54, 1.807) is 13.0 Å². The zero-order valence-electron chi connectivity index (χ0n) is 16.8. The smallest absolute Gasteiger partial charge is 0.419 e. The number of alkyl halides is 3. The molecule has 0 saturated carbocycles. The Kier molecular flexibility index (Phi) is 7.55. The zero-order chi connectivity index (χ0) is 20.9. The fourth-order valence-corrected chi connectivity index (χ4v) is 3.77. The molecular weight excluding hydrogens is 369 g/mol. The summed E-state index contributed by atoms with van der Waals surface area (Å²) in [6.07, 6.45) is -0.996. The molecule has 2 rings (SSSR count). The largest absolute Gasteiger partial charge is 0.477 e. The second kappa shape index (κ2) is 9.48. The molecule has 0 fully saturated rings. The fourth-order valence-electron chi connectivity index (χ4n) is 3.77. The van der Waals surface area contributed by atoms with Crippen molar-refractivity contribution in [2.45, 2.75) is 65.2 Å². The normalized spacial score (nSPS) is 20.3. The van der Waals surface area contributed by atoms with Gasteiger partial charge in [0.2, 0.25) is 6.10 Å². The third-order valence-electron chi connectivity index (χ3n) is 5.37. The van der Waals surface area contributed by atoms with Crippen LogP contribution in [0.15, 0.2) is 24.8 Å². The second-order valence-corrected chi connectivity index (χ2v) is 7.25. The monoisotopic (exact) mass is 398 g/mol. The maximum absolute atomic E-state index is 13.5. The first-order valence-electron chi connectivity index (χ1n) is 9.97. The average molecular weight is 398 g/mol. The molecule has 1 aliphatic rings. The topological polar surface area (TPSA) is 35.5 Å². The summed E-state index contributed by atoms with van der Waals surface area (Å²) < 4.78 is 51.2. The zero-order valence-corrected chi connectivity index (χ0v) is 16.8. The van der Waals surface area contributed by atoms with E-state index in [0.29, 0.717) is 23.5 Å². The lowest BCUT2D eigenvalue weighted by Crippen LogP contribution is -2.41. The van der Waals surface area contributed by atoms with Crippen molar-refractivity contribution in [3.8, 4) is 5.75 Å². The van der Waals surface area contributed by atoms with E-state index in [1.165, 1.54) is 6.07 Å². The van der Waals surface area contributed by atoms with Crippen LogP contribution in [0.5, 0.6) is 5.75 Å². The molecule has 0 amide bonds. The van der Waals surface area contributed by atoms with E-state index >= 15 is 0 Å². The number of hydrogen-bond acceptors (Lipinski definition) is 3. The number of hydrogen-bond donors (Lipinski definition) is 0. The standard InChI is InChI=1S/C22H29F3O3/c1-5-8-10-15(6-2)13-17-14(4)16-11-9-12-18(22(23,24)25)19(16)28-20(17)21(26)27-7-3/h9,11-12,15,17,20H,4-8,10,13H2,1-3H3/t15?,17-,20+/m1/s1. The van der Waals surface area contributed by atoms with E-state index in [2.05, 4.69) is 20.4 Å². The quantitative estimate of drug-likeness (QED) is 0.485. The average Bonchev–Trinajstić information content (AvgIpc) is 2.65. The van der Waals surface area contributed by atoms with Gasteiger partial charge in [0.25, 0.3) is 0 Å². The lowest BCUT2D eigenvalue weighted by atomic mass is 9.78. The minimum Gasteiger partial charge on any atom is -0.477 e. The summed E-state index contributed by atoms with van der Waals surface area (Å²) in [5.41, 5.74) is -0.0528. The summed E-state index contributed by atoms with van der Waals surface area (Å²) in [4.78, 5) is 12.5. The molecule has 3 nitrogen and oxygen atoms in total. The fraction of sp³-hybridized carbons (Fsp3) is 0.591. The Bertz CT molecular complexity index is 697. The first-order valence-corrected chi connectivity index (χ1v) is 9.97. The van der Waals surface area contributed by atoms with Gasteiger partial charge in [-0.3, -0.25) is 0 Å². The Balaban J connectivity index is 2.44. The summed E-state index contributed by atoms with van der Waals surface area (Å²) in [5.74, 6) is -1.02. The molecule has 28 heavy (non-hydrogen) atoms. The number of ether oxygens (including phenoxy) is 2. The van der Waals surface area contributed by atoms with Crippen molar-refractivity contribution in [2.24, 2.45) is 11.8 Å². The van der Waals surface area contributed by atoms with Crippen LogP contribution in [-0.2, 0) is 15.7 Å². The number of unbranched alkanes of at least 4 members (excludes halogenated alkanes) is 1. The summed E-state index contributed by atoms with van der Waals surface area (Å²) in [6.45, 7) is 10.1. The molecular formula is C22H29F3O3. The second-order valence-electron chi connectivity index (χ2n) is 7.25. The predicted molar refractivity (Wildman–Crippen MR) is 103 cm³/mol. The van der Waals surface area contributed by atoms with E-state index in [-0.39, 0.29) is 12.4 Å². The molecule has 1 unspecified atom stereocenters. The van der Waals surface area contributed by atoms with E-state index < -0.39 is 29.7 Å². The molecule has 0 aliphatic carbocycles. The summed E-state index contributed by atoms with van der Waals surface area (Å²) in [5, 5.41) is 0. The molecule has 0 N–H and O–H groups in total. The third-order valence-corrected chi connectivity index (χ3v) is 5.37. The number of rotatable bonds is 8. The number of halogens is 3. The van der Waals surface area contributed by atoms with E-state index in [4.69, 9.17) is 9.47 Å². The maximum atomic E-state index is 13.5. The van der Waals surface area contributed by atoms with Gasteiger partial charge in [-0.1, -0.05) is 58.2 Å². The summed E-state index contributed by atoms with van der Waals surface area (Å²) in [6, 6.07) is 3.89. The van der Waals surface area contributed by atoms with E-state index in [1.807, 2.05) is 0 Å². The Morgan fingerprint density at radius 1 is 1.29 bits per heavy atom. The molecule has 0 spiro atoms. The van der Waals surface area contributed by atoms with Gasteiger partial charge >= 0.3 is 12.1 Å². The Labute approximate surface area is 164 Å². The highest BCUT2D eigenvalue weighted by atomic mass is 19.4. The van der Waals surface area contributed by atoms with Crippen molar-refractivity contribution in [3.05, 3.63) is 35.9 Å². The molecule has 1 aromatic carbocycles. The van der Waals surface area contributed by atoms with Crippen molar-refractivity contribution in [3.63, 3.8) is 0 Å². The van der Waals surface area contributed by atoms with Crippen molar-refractivity contribution in [1.82, 2.24) is 0 Å². The third kappa shape index (κ3) is 4.89. The van der Waals surface area contributed by atoms with Crippen LogP contribution in [0.25, 0.3) is 5.57 Å². The van der Waals surface area contributed by atoms with Gasteiger partial charge in [0.05, 0.1) is 12.2 Å². The van der Waals surface area contributed by atoms with Crippen LogP contribution in [0.2, 0.25) is 0 Å². The van der Waals surface area contributed by atoms with Gasteiger partial charge in [-0.2, -0.15) is 13.2 Å². The molecule has 1 aliphatic heterocycles. The van der Waals surface area contributed by atoms with Crippen LogP contribution in [0.1, 0.15) is 64.0 Å². The number of carbonyl (C=O) groups is 1. The van der Waals surface area contributed by atoms with Gasteiger partial charge in [-0.05, 0) is 30.9 Å². The van der Waals surface area contributed by atoms with Crippen molar-refractivity contribution in [1.29, 1.82) is 0 Å². The predicted octanol–water partition coefficient (Wildman–Crippen LogP) is 6.27. The highest BCUT2D eigenvalue weighted by Crippen LogP contribution is 2.47. The molecule has 0 bridgehead atoms. The molecule has 0 aromatic heterocycles. The van der Waals surface area contributed by atoms with Gasteiger partial charge < -0.3 is 9.47 Å². The van der Waals surface area contributed by atoms with Gasteiger partial charge in [-0.25, -0.2) is 4.79 Å². The van der Waals surface area contributed by atoms with Crippen molar-refractivity contribution < 1.29 is 27.4 Å². The molecule has 156 valence electrons. The number of fused-ring (bicyclic) bond motifs is 1. The van der Waals surface area contributed by atoms with Gasteiger partial charge in [0.1, 0.15) is 5.75 Å². The van der Waals surface area contributed by atoms with Crippen molar-refractivity contribution >= 4 is 11.5 Å². The van der Waals surface area contributed by atoms with Crippen LogP contribution < -0.4 is 4.74 Å². The van der Waals surface area contributed by atoms with Crippen LogP contribution in [-0.4, -0.2) is 18.7 Å². The number of benzene rings is 1. The molecule has 0 saturated heterocycles. The molecule has 3 atom stereocenters. The summed E-state index contributed by atoms with van der Waals surface area (Å²) in [7, 11) is 0. The van der Waals surface area contributed by atoms with E-state index in [9.17, 15) is 18.0 Å². The minimum absolute atomic E-state index is 0.138. The molecule has 6 heteroatoms. The lowest BCUT2D eigenvalue weighted by molar-refractivity contribution is -0.156. The van der Waals surface area contributed by atoms with Gasteiger partial charge in [0.15, 0.2) is 0 Å². The van der Waals surface area contributed by atoms with Crippen molar-refractivity contribution in [2.75, 3.05) is 6.61 Å². The first kappa shape index (κ1) is 22.3. The van der Waals surface area contributed by atoms with Gasteiger partial charge in [-0.15, -0.1) is 0 Å². The van der Waals surface area contributed by atoms with Crippen LogP contribution in [0, 0.1) is 11.8 Å². The number of esters is 1. The maximum Gasteiger partial charge on any atom is 0.419 e. The molecule has 1 heterocycles. The highest BCUT2D eigenvalue weighted by molar-refractivity contribution is 5.84. The Morgan fingerprint density at radius 2 is 2.00 bits per heavy atom. The minimum atomic E-state index is -4.58. The Morgan fingerprint density at radius 3 is 2.57 bits per heavy atom. The van der Waals surface area contributed by atoms with Crippen LogP contribution >= 0.6 is 0 Å². The molecule has 0 radical (unpaired) electrons. The lowest BCUT2D eigenvalue weighted by Gasteiger charge is -2.36.